The van der Waals surface area contributed by atoms with Crippen molar-refractivity contribution in [3.05, 3.63) is 76.3 Å². The Morgan fingerprint density at radius 2 is 0.854 bits per heavy atom. The lowest BCUT2D eigenvalue weighted by atomic mass is 9.72. The second-order valence-corrected chi connectivity index (χ2v) is 16.2. The van der Waals surface area contributed by atoms with E-state index in [0.717, 1.165) is 22.8 Å². The van der Waals surface area contributed by atoms with E-state index in [1.54, 1.807) is 0 Å². The lowest BCUT2D eigenvalue weighted by Gasteiger charge is -2.32. The van der Waals surface area contributed by atoms with E-state index in [1.165, 1.54) is 136 Å². The summed E-state index contributed by atoms with van der Waals surface area (Å²) in [6.45, 7) is 13.1. The van der Waals surface area contributed by atoms with Crippen LogP contribution in [0, 0.1) is 0 Å². The third-order valence-corrected chi connectivity index (χ3v) is 11.5. The van der Waals surface area contributed by atoms with Gasteiger partial charge in [-0.25, -0.2) is 0 Å². The van der Waals surface area contributed by atoms with E-state index in [0.29, 0.717) is 0 Å². The number of aryl methyl sites for hydroxylation is 2. The molecule has 4 rings (SSSR count). The molecule has 0 aliphatic carbocycles. The fourth-order valence-corrected chi connectivity index (χ4v) is 7.51. The molecule has 0 amide bonds. The van der Waals surface area contributed by atoms with Crippen LogP contribution in [-0.4, -0.2) is 18.3 Å². The van der Waals surface area contributed by atoms with Crippen LogP contribution in [0.25, 0.3) is 22.3 Å². The fraction of sp³-hybridized carbons (Fsp3) is 0.591. The number of halogens is 1. The van der Waals surface area contributed by atoms with Crippen molar-refractivity contribution in [2.45, 2.75) is 168 Å². The van der Waals surface area contributed by atoms with Gasteiger partial charge in [0.05, 0.1) is 11.2 Å². The number of benzene rings is 3. The molecule has 3 aromatic rings. The molecule has 0 spiro atoms. The normalized spacial score (nSPS) is 15.4. The van der Waals surface area contributed by atoms with Crippen molar-refractivity contribution >= 4 is 28.5 Å². The van der Waals surface area contributed by atoms with Gasteiger partial charge in [-0.2, -0.15) is 0 Å². The Bertz CT molecular complexity index is 1350. The molecule has 1 fully saturated rings. The molecule has 0 radical (unpaired) electrons. The first kappa shape index (κ1) is 38.9. The highest BCUT2D eigenvalue weighted by Crippen LogP contribution is 2.41. The maximum atomic E-state index is 6.65. The molecule has 1 aliphatic heterocycles. The molecule has 0 unspecified atom stereocenters. The molecule has 1 saturated heterocycles. The van der Waals surface area contributed by atoms with Gasteiger partial charge in [-0.05, 0) is 92.7 Å². The number of hydrogen-bond acceptors (Lipinski definition) is 2. The molecule has 262 valence electrons. The average molecular weight is 716 g/mol. The summed E-state index contributed by atoms with van der Waals surface area (Å²) in [5.41, 5.74) is 7.95. The standard InChI is InChI=1S/C44H64BBrO2/c1-7-9-11-13-15-17-19-21-23-35-25-29-37(30-26-35)41-39(45-47-43(3,4)44(5,6)48-45)33-34-40(46)42(41)38-31-27-36(28-32-38)24-22-20-18-16-14-12-10-8-2/h25-34H,7-24H2,1-6H3. The van der Waals surface area contributed by atoms with Gasteiger partial charge in [0, 0.05) is 10.0 Å². The van der Waals surface area contributed by atoms with Gasteiger partial charge in [-0.3, -0.25) is 0 Å². The zero-order chi connectivity index (χ0) is 34.4. The van der Waals surface area contributed by atoms with Crippen molar-refractivity contribution < 1.29 is 9.31 Å². The predicted octanol–water partition coefficient (Wildman–Crippen LogP) is 13.4. The molecule has 2 nitrogen and oxygen atoms in total. The summed E-state index contributed by atoms with van der Waals surface area (Å²) in [7, 11) is -0.435. The Hall–Kier alpha value is -1.88. The van der Waals surface area contributed by atoms with Crippen molar-refractivity contribution in [1.29, 1.82) is 0 Å². The van der Waals surface area contributed by atoms with Gasteiger partial charge in [0.15, 0.2) is 0 Å². The highest BCUT2D eigenvalue weighted by Gasteiger charge is 2.52. The van der Waals surface area contributed by atoms with E-state index in [-0.39, 0.29) is 0 Å². The monoisotopic (exact) mass is 714 g/mol. The summed E-state index contributed by atoms with van der Waals surface area (Å²) < 4.78 is 14.4. The number of rotatable bonds is 21. The molecule has 0 N–H and O–H groups in total. The third-order valence-electron chi connectivity index (χ3n) is 10.8. The highest BCUT2D eigenvalue weighted by atomic mass is 79.9. The van der Waals surface area contributed by atoms with E-state index >= 15 is 0 Å². The van der Waals surface area contributed by atoms with Gasteiger partial charge in [0.2, 0.25) is 0 Å². The van der Waals surface area contributed by atoms with Gasteiger partial charge in [-0.15, -0.1) is 0 Å². The second kappa shape index (κ2) is 19.5. The SMILES string of the molecule is CCCCCCCCCCc1ccc(-c2c(Br)ccc(B3OC(C)(C)C(C)(C)O3)c2-c2ccc(CCCCCCCCCC)cc2)cc1. The fourth-order valence-electron chi connectivity index (χ4n) is 6.96. The predicted molar refractivity (Wildman–Crippen MR) is 213 cm³/mol. The van der Waals surface area contributed by atoms with Crippen LogP contribution in [-0.2, 0) is 22.2 Å². The van der Waals surface area contributed by atoms with Gasteiger partial charge < -0.3 is 9.31 Å². The Kier molecular flexibility index (Phi) is 15.8. The second-order valence-electron chi connectivity index (χ2n) is 15.3. The van der Waals surface area contributed by atoms with Crippen LogP contribution in [0.5, 0.6) is 0 Å². The van der Waals surface area contributed by atoms with Crippen LogP contribution in [0.3, 0.4) is 0 Å². The molecule has 0 atom stereocenters. The zero-order valence-electron chi connectivity index (χ0n) is 31.3. The minimum atomic E-state index is -0.435. The first-order chi connectivity index (χ1) is 23.2. The van der Waals surface area contributed by atoms with Crippen molar-refractivity contribution in [3.63, 3.8) is 0 Å². The summed E-state index contributed by atoms with van der Waals surface area (Å²) in [5, 5.41) is 0. The minimum absolute atomic E-state index is 0.404. The van der Waals surface area contributed by atoms with Crippen molar-refractivity contribution in [3.8, 4) is 22.3 Å². The molecule has 4 heteroatoms. The van der Waals surface area contributed by atoms with Crippen LogP contribution in [0.1, 0.15) is 155 Å². The average Bonchev–Trinajstić information content (AvgIpc) is 3.29. The van der Waals surface area contributed by atoms with Gasteiger partial charge in [0.1, 0.15) is 0 Å². The van der Waals surface area contributed by atoms with Crippen molar-refractivity contribution in [2.75, 3.05) is 0 Å². The number of unbranched alkanes of at least 4 members (excludes halogenated alkanes) is 14. The van der Waals surface area contributed by atoms with Gasteiger partial charge in [0.25, 0.3) is 0 Å². The molecule has 48 heavy (non-hydrogen) atoms. The van der Waals surface area contributed by atoms with Crippen LogP contribution in [0.15, 0.2) is 65.1 Å². The Balaban J connectivity index is 1.51. The van der Waals surface area contributed by atoms with Crippen molar-refractivity contribution in [1.82, 2.24) is 0 Å². The van der Waals surface area contributed by atoms with E-state index in [4.69, 9.17) is 9.31 Å². The topological polar surface area (TPSA) is 18.5 Å². The minimum Gasteiger partial charge on any atom is -0.399 e. The Labute approximate surface area is 303 Å². The van der Waals surface area contributed by atoms with E-state index in [9.17, 15) is 0 Å². The molecule has 0 saturated carbocycles. The van der Waals surface area contributed by atoms with E-state index < -0.39 is 18.3 Å². The van der Waals surface area contributed by atoms with E-state index in [1.807, 2.05) is 0 Å². The summed E-state index contributed by atoms with van der Waals surface area (Å²) in [6, 6.07) is 23.0. The highest BCUT2D eigenvalue weighted by molar-refractivity contribution is 9.10. The van der Waals surface area contributed by atoms with Crippen LogP contribution in [0.2, 0.25) is 0 Å². The quantitative estimate of drug-likeness (QED) is 0.0808. The summed E-state index contributed by atoms with van der Waals surface area (Å²) in [4.78, 5) is 0. The maximum Gasteiger partial charge on any atom is 0.495 e. The Morgan fingerprint density at radius 1 is 0.479 bits per heavy atom. The van der Waals surface area contributed by atoms with Gasteiger partial charge in [-0.1, -0.05) is 174 Å². The van der Waals surface area contributed by atoms with E-state index in [2.05, 4.69) is 118 Å². The van der Waals surface area contributed by atoms with Crippen LogP contribution in [0.4, 0.5) is 0 Å². The lowest BCUT2D eigenvalue weighted by Crippen LogP contribution is -2.41. The third kappa shape index (κ3) is 11.1. The molecule has 0 aromatic heterocycles. The smallest absolute Gasteiger partial charge is 0.399 e. The molecule has 3 aromatic carbocycles. The Morgan fingerprint density at radius 3 is 1.27 bits per heavy atom. The molecular formula is C44H64BBrO2. The first-order valence-electron chi connectivity index (χ1n) is 19.5. The summed E-state index contributed by atoms with van der Waals surface area (Å²) >= 11 is 3.97. The first-order valence-corrected chi connectivity index (χ1v) is 20.3. The molecular weight excluding hydrogens is 651 g/mol. The van der Waals surface area contributed by atoms with Crippen LogP contribution >= 0.6 is 15.9 Å². The largest absolute Gasteiger partial charge is 0.495 e. The zero-order valence-corrected chi connectivity index (χ0v) is 32.9. The molecule has 1 aliphatic rings. The van der Waals surface area contributed by atoms with Crippen LogP contribution < -0.4 is 5.46 Å². The van der Waals surface area contributed by atoms with Gasteiger partial charge >= 0.3 is 7.12 Å². The maximum absolute atomic E-state index is 6.65. The van der Waals surface area contributed by atoms with Crippen molar-refractivity contribution in [2.24, 2.45) is 0 Å². The summed E-state index contributed by atoms with van der Waals surface area (Å²) in [5.74, 6) is 0. The molecule has 1 heterocycles. The lowest BCUT2D eigenvalue weighted by molar-refractivity contribution is 0.00578. The molecule has 0 bridgehead atoms. The number of hydrogen-bond donors (Lipinski definition) is 0. The summed E-state index contributed by atoms with van der Waals surface area (Å²) in [6.07, 6.45) is 24.0.